The number of nitrogens with zero attached hydrogens (tertiary/aromatic N) is 2. The van der Waals surface area contributed by atoms with Gasteiger partial charge in [-0.3, -0.25) is 19.3 Å². The van der Waals surface area contributed by atoms with Gasteiger partial charge in [0, 0.05) is 18.8 Å². The van der Waals surface area contributed by atoms with Crippen LogP contribution in [-0.2, 0) is 4.79 Å². The van der Waals surface area contributed by atoms with Gasteiger partial charge in [0.2, 0.25) is 5.91 Å². The van der Waals surface area contributed by atoms with Crippen LogP contribution in [0.2, 0.25) is 0 Å². The van der Waals surface area contributed by atoms with Crippen LogP contribution in [0.15, 0.2) is 30.5 Å². The third-order valence-corrected chi connectivity index (χ3v) is 4.75. The lowest BCUT2D eigenvalue weighted by atomic mass is 10.0. The molecule has 3 heterocycles. The molecule has 1 unspecified atom stereocenters. The molecule has 6 heteroatoms. The van der Waals surface area contributed by atoms with Gasteiger partial charge in [-0.1, -0.05) is 12.6 Å². The van der Waals surface area contributed by atoms with Crippen LogP contribution in [0, 0.1) is 0 Å². The van der Waals surface area contributed by atoms with Crippen molar-refractivity contribution < 1.29 is 14.4 Å². The number of rotatable bonds is 2. The zero-order chi connectivity index (χ0) is 16.1. The maximum absolute atomic E-state index is 12.9. The highest BCUT2D eigenvalue weighted by molar-refractivity contribution is 6.25. The van der Waals surface area contributed by atoms with Crippen molar-refractivity contribution in [2.24, 2.45) is 0 Å². The Morgan fingerprint density at radius 1 is 1.13 bits per heavy atom. The molecule has 3 aliphatic heterocycles. The predicted molar refractivity (Wildman–Crippen MR) is 84.1 cm³/mol. The fraction of sp³-hybridized carbons (Fsp3) is 0.353. The lowest BCUT2D eigenvalue weighted by Gasteiger charge is -2.34. The second kappa shape index (κ2) is 4.94. The van der Waals surface area contributed by atoms with Gasteiger partial charge in [0.15, 0.2) is 0 Å². The Bertz CT molecular complexity index is 751. The van der Waals surface area contributed by atoms with Crippen molar-refractivity contribution in [2.45, 2.75) is 25.3 Å². The summed E-state index contributed by atoms with van der Waals surface area (Å²) < 4.78 is 0. The minimum Gasteiger partial charge on any atom is -0.371 e. The first-order valence-electron chi connectivity index (χ1n) is 7.82. The second-order valence-corrected chi connectivity index (χ2v) is 6.17. The van der Waals surface area contributed by atoms with Crippen molar-refractivity contribution in [2.75, 3.05) is 18.0 Å². The number of piperidine rings is 1. The lowest BCUT2D eigenvalue weighted by Crippen LogP contribution is -2.51. The zero-order valence-electron chi connectivity index (χ0n) is 12.7. The average molecular weight is 311 g/mol. The maximum Gasteiger partial charge on any atom is 0.264 e. The molecule has 6 nitrogen and oxygen atoms in total. The van der Waals surface area contributed by atoms with Crippen molar-refractivity contribution in [3.63, 3.8) is 0 Å². The van der Waals surface area contributed by atoms with Gasteiger partial charge in [-0.2, -0.15) is 0 Å². The van der Waals surface area contributed by atoms with Crippen molar-refractivity contribution in [1.29, 1.82) is 0 Å². The van der Waals surface area contributed by atoms with Gasteiger partial charge in [0.25, 0.3) is 11.8 Å². The Hall–Kier alpha value is -2.63. The first-order chi connectivity index (χ1) is 11.1. The molecule has 2 fully saturated rings. The van der Waals surface area contributed by atoms with E-state index in [1.807, 2.05) is 6.07 Å². The van der Waals surface area contributed by atoms with Crippen LogP contribution in [0.3, 0.4) is 0 Å². The van der Waals surface area contributed by atoms with Crippen LogP contribution >= 0.6 is 0 Å². The Morgan fingerprint density at radius 2 is 1.91 bits per heavy atom. The highest BCUT2D eigenvalue weighted by Gasteiger charge is 2.45. The summed E-state index contributed by atoms with van der Waals surface area (Å²) in [5.41, 5.74) is 2.27. The van der Waals surface area contributed by atoms with Gasteiger partial charge >= 0.3 is 0 Å². The van der Waals surface area contributed by atoms with Crippen LogP contribution in [0.5, 0.6) is 0 Å². The molecule has 0 radical (unpaired) electrons. The first-order valence-corrected chi connectivity index (χ1v) is 7.82. The number of imide groups is 1. The number of hydrogen-bond acceptors (Lipinski definition) is 4. The molecular weight excluding hydrogens is 294 g/mol. The summed E-state index contributed by atoms with van der Waals surface area (Å²) >= 11 is 0. The van der Waals surface area contributed by atoms with Crippen LogP contribution < -0.4 is 10.2 Å². The van der Waals surface area contributed by atoms with Gasteiger partial charge in [-0.05, 0) is 31.4 Å². The smallest absolute Gasteiger partial charge is 0.264 e. The maximum atomic E-state index is 12.9. The van der Waals surface area contributed by atoms with E-state index in [0.717, 1.165) is 30.1 Å². The minimum atomic E-state index is -0.753. The molecule has 4 rings (SSSR count). The van der Waals surface area contributed by atoms with Crippen molar-refractivity contribution in [1.82, 2.24) is 10.2 Å². The summed E-state index contributed by atoms with van der Waals surface area (Å²) in [5, 5.41) is 2.64. The van der Waals surface area contributed by atoms with Crippen molar-refractivity contribution in [3.8, 4) is 0 Å². The van der Waals surface area contributed by atoms with E-state index in [1.165, 1.54) is 0 Å². The number of carbonyl (C=O) groups excluding carboxylic acids is 3. The fourth-order valence-corrected chi connectivity index (χ4v) is 3.40. The number of hydrogen-bond donors (Lipinski definition) is 1. The van der Waals surface area contributed by atoms with E-state index in [9.17, 15) is 14.4 Å². The molecule has 1 atom stereocenters. The predicted octanol–water partition coefficient (Wildman–Crippen LogP) is 1.28. The molecule has 2 saturated heterocycles. The van der Waals surface area contributed by atoms with E-state index in [0.29, 0.717) is 29.7 Å². The molecule has 3 aliphatic rings. The van der Waals surface area contributed by atoms with Gasteiger partial charge in [-0.15, -0.1) is 0 Å². The summed E-state index contributed by atoms with van der Waals surface area (Å²) in [6.45, 7) is 5.51. The fourth-order valence-electron chi connectivity index (χ4n) is 3.40. The molecule has 0 aliphatic carbocycles. The van der Waals surface area contributed by atoms with Gasteiger partial charge in [-0.25, -0.2) is 0 Å². The second-order valence-electron chi connectivity index (χ2n) is 6.17. The lowest BCUT2D eigenvalue weighted by molar-refractivity contribution is -0.125. The largest absolute Gasteiger partial charge is 0.371 e. The number of allylic oxidation sites excluding steroid dienone is 1. The third kappa shape index (κ3) is 1.98. The molecule has 3 amide bonds. The summed E-state index contributed by atoms with van der Waals surface area (Å²) in [4.78, 5) is 41.0. The molecule has 0 bridgehead atoms. The Morgan fingerprint density at radius 3 is 2.57 bits per heavy atom. The van der Waals surface area contributed by atoms with Crippen molar-refractivity contribution >= 4 is 23.4 Å². The Balaban J connectivity index is 1.72. The van der Waals surface area contributed by atoms with Crippen LogP contribution in [0.25, 0.3) is 0 Å². The molecule has 1 aromatic carbocycles. The molecular formula is C17H17N3O3. The third-order valence-electron chi connectivity index (χ3n) is 4.75. The molecule has 0 saturated carbocycles. The number of amides is 3. The highest BCUT2D eigenvalue weighted by atomic mass is 16.2. The van der Waals surface area contributed by atoms with E-state index >= 15 is 0 Å². The van der Waals surface area contributed by atoms with E-state index in [4.69, 9.17) is 0 Å². The van der Waals surface area contributed by atoms with Gasteiger partial charge in [0.1, 0.15) is 6.04 Å². The molecule has 1 N–H and O–H groups in total. The molecule has 23 heavy (non-hydrogen) atoms. The molecule has 118 valence electrons. The number of benzene rings is 1. The number of carbonyl (C=O) groups is 3. The minimum absolute atomic E-state index is 0.332. The quantitative estimate of drug-likeness (QED) is 0.836. The van der Waals surface area contributed by atoms with Crippen LogP contribution in [0.4, 0.5) is 5.69 Å². The number of fused-ring (bicyclic) bond motifs is 1. The Kier molecular flexibility index (Phi) is 3.01. The first kappa shape index (κ1) is 14.0. The monoisotopic (exact) mass is 311 g/mol. The Labute approximate surface area is 133 Å². The topological polar surface area (TPSA) is 69.7 Å². The van der Waals surface area contributed by atoms with Gasteiger partial charge in [0.05, 0.1) is 16.8 Å². The zero-order valence-corrected chi connectivity index (χ0v) is 12.7. The highest BCUT2D eigenvalue weighted by Crippen LogP contribution is 2.35. The molecule has 0 spiro atoms. The van der Waals surface area contributed by atoms with Crippen LogP contribution in [0.1, 0.15) is 40.0 Å². The standard InChI is InChI=1S/C17H17N3O3/c1-10-6-7-13(15(21)18-10)20-16(22)11-4-2-5-12(14(11)17(20)23)19-8-3-9-19/h2,4-5,13H,1,3,6-9H2,(H,18,21). The van der Waals surface area contributed by atoms with Crippen molar-refractivity contribution in [3.05, 3.63) is 41.6 Å². The van der Waals surface area contributed by atoms with E-state index < -0.39 is 6.04 Å². The summed E-state index contributed by atoms with van der Waals surface area (Å²) in [7, 11) is 0. The number of nitrogens with one attached hydrogen (secondary N) is 1. The van der Waals surface area contributed by atoms with E-state index in [-0.39, 0.29) is 17.7 Å². The molecule has 0 aromatic heterocycles. The van der Waals surface area contributed by atoms with Gasteiger partial charge < -0.3 is 10.2 Å². The normalized spacial score (nSPS) is 23.7. The molecule has 1 aromatic rings. The number of anilines is 1. The summed E-state index contributed by atoms with van der Waals surface area (Å²) in [5.74, 6) is -1.07. The van der Waals surface area contributed by atoms with E-state index in [1.54, 1.807) is 12.1 Å². The summed E-state index contributed by atoms with van der Waals surface area (Å²) in [6.07, 6.45) is 2.08. The van der Waals surface area contributed by atoms with Crippen LogP contribution in [-0.4, -0.2) is 41.8 Å². The summed E-state index contributed by atoms with van der Waals surface area (Å²) in [6, 6.07) is 4.58. The average Bonchev–Trinajstić information content (AvgIpc) is 2.71. The SMILES string of the molecule is C=C1CCC(N2C(=O)c3cccc(N4CCC4)c3C2=O)C(=O)N1. The van der Waals surface area contributed by atoms with E-state index in [2.05, 4.69) is 16.8 Å².